The van der Waals surface area contributed by atoms with E-state index in [4.69, 9.17) is 0 Å². The van der Waals surface area contributed by atoms with Gasteiger partial charge in [0.1, 0.15) is 0 Å². The SMILES string of the molecule is CC=[CH][Mg][CH3].I. The second kappa shape index (κ2) is 9.53. The Labute approximate surface area is 66.1 Å². The van der Waals surface area contributed by atoms with Gasteiger partial charge in [-0.25, -0.2) is 4.21 Å². The van der Waals surface area contributed by atoms with E-state index in [0.717, 1.165) is 0 Å². The second-order valence-electron chi connectivity index (χ2n) is 0.977. The summed E-state index contributed by atoms with van der Waals surface area (Å²) in [5, 5.41) is 2.26. The number of rotatable bonds is 1. The Bertz CT molecular complexity index is 34.5. The molecule has 6 heavy (non-hydrogen) atoms. The summed E-state index contributed by atoms with van der Waals surface area (Å²) in [5.41, 5.74) is 0. The van der Waals surface area contributed by atoms with Crippen molar-refractivity contribution in [1.82, 2.24) is 0 Å². The van der Waals surface area contributed by atoms with E-state index < -0.39 is 0 Å². The van der Waals surface area contributed by atoms with Gasteiger partial charge in [-0.2, -0.15) is 5.05 Å². The van der Waals surface area contributed by atoms with Gasteiger partial charge >= 0.3 is 20.4 Å². The summed E-state index contributed by atoms with van der Waals surface area (Å²) < 4.78 is 2.26. The fraction of sp³-hybridized carbons (Fsp3) is 0.500. The second-order valence-corrected chi connectivity index (χ2v) is 2.27. The maximum Gasteiger partial charge on any atom is 0.392 e. The Morgan fingerprint density at radius 1 is 1.50 bits per heavy atom. The molecule has 0 aromatic rings. The third-order valence-electron chi connectivity index (χ3n) is 0.471. The predicted octanol–water partition coefficient (Wildman–Crippen LogP) is 1.89. The fourth-order valence-corrected chi connectivity index (χ4v) is 0.707. The van der Waals surface area contributed by atoms with E-state index in [0.29, 0.717) is 0 Å². The molecule has 2 heteroatoms. The molecule has 0 amide bonds. The molecule has 0 aromatic carbocycles. The van der Waals surface area contributed by atoms with Gasteiger partial charge in [-0.15, -0.1) is 30.1 Å². The minimum atomic E-state index is 0. The molecule has 0 aliphatic carbocycles. The van der Waals surface area contributed by atoms with Crippen LogP contribution in [0.15, 0.2) is 10.3 Å². The topological polar surface area (TPSA) is 0 Å². The average molecular weight is 208 g/mol. The van der Waals surface area contributed by atoms with Crippen LogP contribution in [0.2, 0.25) is 5.05 Å². The molecule has 0 fully saturated rings. The monoisotopic (exact) mass is 208 g/mol. The van der Waals surface area contributed by atoms with E-state index in [9.17, 15) is 0 Å². The van der Waals surface area contributed by atoms with Crippen LogP contribution in [0.4, 0.5) is 0 Å². The van der Waals surface area contributed by atoms with E-state index in [2.05, 4.69) is 22.3 Å². The van der Waals surface area contributed by atoms with Crippen molar-refractivity contribution < 1.29 is 0 Å². The Morgan fingerprint density at radius 3 is 2.00 bits per heavy atom. The number of hydrogen-bond acceptors (Lipinski definition) is 0. The van der Waals surface area contributed by atoms with E-state index in [1.54, 1.807) is 0 Å². The Balaban J connectivity index is 0. The first-order chi connectivity index (χ1) is 2.41. The van der Waals surface area contributed by atoms with E-state index >= 15 is 0 Å². The highest BCUT2D eigenvalue weighted by Gasteiger charge is 1.65. The highest BCUT2D eigenvalue weighted by Crippen LogP contribution is 1.60. The molecule has 0 aliphatic heterocycles. The number of hydrogen-bond donors (Lipinski definition) is 0. The van der Waals surface area contributed by atoms with Crippen molar-refractivity contribution in [3.8, 4) is 0 Å². The van der Waals surface area contributed by atoms with Crippen molar-refractivity contribution in [2.24, 2.45) is 0 Å². The number of halogens is 1. The van der Waals surface area contributed by atoms with Gasteiger partial charge < -0.3 is 0 Å². The van der Waals surface area contributed by atoms with Crippen molar-refractivity contribution >= 4 is 44.3 Å². The van der Waals surface area contributed by atoms with Crippen molar-refractivity contribution in [2.45, 2.75) is 12.0 Å². The lowest BCUT2D eigenvalue weighted by Gasteiger charge is -1.59. The summed E-state index contributed by atoms with van der Waals surface area (Å²) in [4.78, 5) is 0. The molecule has 0 rings (SSSR count). The molecule has 0 N–H and O–H groups in total. The normalized spacial score (nSPS) is 7.00. The smallest absolute Gasteiger partial charge is 0.212 e. The Hall–Kier alpha value is 1.24. The minimum absolute atomic E-state index is 0. The van der Waals surface area contributed by atoms with Gasteiger partial charge in [0.05, 0.1) is 0 Å². The van der Waals surface area contributed by atoms with Crippen LogP contribution in [0.1, 0.15) is 6.92 Å². The van der Waals surface area contributed by atoms with Gasteiger partial charge in [-0.1, -0.05) is 0 Å². The summed E-state index contributed by atoms with van der Waals surface area (Å²) in [7, 11) is 0. The molecular weight excluding hydrogens is 199 g/mol. The zero-order valence-electron chi connectivity index (χ0n) is 4.27. The molecule has 0 aromatic heterocycles. The highest BCUT2D eigenvalue weighted by molar-refractivity contribution is 14.0. The molecule has 0 heterocycles. The van der Waals surface area contributed by atoms with Crippen LogP contribution >= 0.6 is 24.0 Å². The number of allylic oxidation sites excluding steroid dienone is 1. The molecule has 0 bridgehead atoms. The lowest BCUT2D eigenvalue weighted by Crippen LogP contribution is -1.64. The van der Waals surface area contributed by atoms with Crippen LogP contribution in [0.25, 0.3) is 0 Å². The maximum atomic E-state index is 2.26. The third-order valence-corrected chi connectivity index (χ3v) is 1.41. The lowest BCUT2D eigenvalue weighted by molar-refractivity contribution is 1.78. The van der Waals surface area contributed by atoms with Gasteiger partial charge in [0.15, 0.2) is 0 Å². The quantitative estimate of drug-likeness (QED) is 0.456. The molecule has 34 valence electrons. The first-order valence-corrected chi connectivity index (χ1v) is 4.26. The van der Waals surface area contributed by atoms with Crippen LogP contribution in [-0.2, 0) is 0 Å². The van der Waals surface area contributed by atoms with Gasteiger partial charge in [-0.05, 0) is 6.92 Å². The first-order valence-electron chi connectivity index (χ1n) is 2.03. The summed E-state index contributed by atoms with van der Waals surface area (Å²) in [6.07, 6.45) is 2.12. The van der Waals surface area contributed by atoms with Crippen LogP contribution in [-0.4, -0.2) is 20.4 Å². The molecule has 0 atom stereocenters. The summed E-state index contributed by atoms with van der Waals surface area (Å²) in [5.74, 6) is 0. The van der Waals surface area contributed by atoms with Crippen LogP contribution in [0.3, 0.4) is 0 Å². The molecule has 0 saturated heterocycles. The largest absolute Gasteiger partial charge is 0.392 e. The molecule has 0 spiro atoms. The molecular formula is C4H9IMg. The molecule has 0 saturated carbocycles. The molecule has 0 unspecified atom stereocenters. The lowest BCUT2D eigenvalue weighted by atomic mass is 10.8. The van der Waals surface area contributed by atoms with Gasteiger partial charge in [0.2, 0.25) is 0 Å². The Kier molecular flexibility index (Phi) is 16.3. The van der Waals surface area contributed by atoms with Crippen molar-refractivity contribution in [3.05, 3.63) is 10.3 Å². The van der Waals surface area contributed by atoms with Crippen LogP contribution in [0.5, 0.6) is 0 Å². The Morgan fingerprint density at radius 2 is 2.00 bits per heavy atom. The van der Waals surface area contributed by atoms with Gasteiger partial charge in [-0.3, -0.25) is 0 Å². The summed E-state index contributed by atoms with van der Waals surface area (Å²) in [6, 6.07) is 0. The zero-order chi connectivity index (χ0) is 4.12. The molecule has 0 nitrogen and oxygen atoms in total. The highest BCUT2D eigenvalue weighted by atomic mass is 127. The third kappa shape index (κ3) is 8.97. The van der Waals surface area contributed by atoms with Gasteiger partial charge in [0.25, 0.3) is 0 Å². The van der Waals surface area contributed by atoms with Crippen molar-refractivity contribution in [3.63, 3.8) is 0 Å². The minimum Gasteiger partial charge on any atom is -0.212 e. The zero-order valence-corrected chi connectivity index (χ0v) is 8.01. The summed E-state index contributed by atoms with van der Waals surface area (Å²) in [6.45, 7) is 2.07. The van der Waals surface area contributed by atoms with Crippen molar-refractivity contribution in [1.29, 1.82) is 0 Å². The maximum absolute atomic E-state index is 2.26. The fourth-order valence-electron chi connectivity index (χ4n) is 0.236. The van der Waals surface area contributed by atoms with Crippen LogP contribution in [0, 0.1) is 0 Å². The van der Waals surface area contributed by atoms with Crippen molar-refractivity contribution in [2.75, 3.05) is 0 Å². The van der Waals surface area contributed by atoms with Crippen LogP contribution < -0.4 is 0 Å². The van der Waals surface area contributed by atoms with Gasteiger partial charge in [0, 0.05) is 0 Å². The average Bonchev–Trinajstić information content (AvgIpc) is 1.41. The standard InChI is InChI=1S/C3H5.CH3.HI.Mg/c1-3-2;;;/h1,3H,2H3;1H3;1H;. The molecule has 0 aliphatic rings. The van der Waals surface area contributed by atoms with E-state index in [1.165, 1.54) is 0 Å². The molecule has 0 radical (unpaired) electrons. The predicted molar refractivity (Wildman–Crippen MR) is 41.8 cm³/mol. The first kappa shape index (κ1) is 10.3. The summed E-state index contributed by atoms with van der Waals surface area (Å²) >= 11 is 0.233. The van der Waals surface area contributed by atoms with E-state index in [1.807, 2.05) is 0 Å². The van der Waals surface area contributed by atoms with E-state index in [-0.39, 0.29) is 44.3 Å².